The van der Waals surface area contributed by atoms with Crippen LogP contribution in [-0.4, -0.2) is 17.4 Å². The smallest absolute Gasteiger partial charge is 0.272 e. The molecule has 0 fully saturated rings. The fraction of sp³-hybridized carbons (Fsp3) is 0.133. The lowest BCUT2D eigenvalue weighted by molar-refractivity contribution is 0.102. The summed E-state index contributed by atoms with van der Waals surface area (Å²) < 4.78 is 0. The van der Waals surface area contributed by atoms with Gasteiger partial charge in [0, 0.05) is 17.4 Å². The summed E-state index contributed by atoms with van der Waals surface area (Å²) >= 11 is 0. The Kier molecular flexibility index (Phi) is 4.01. The van der Waals surface area contributed by atoms with Gasteiger partial charge in [0.15, 0.2) is 0 Å². The van der Waals surface area contributed by atoms with E-state index in [1.807, 2.05) is 25.1 Å². The fourth-order valence-corrected chi connectivity index (χ4v) is 1.65. The number of nitrogens with one attached hydrogen (secondary N) is 2. The van der Waals surface area contributed by atoms with Crippen LogP contribution in [0.1, 0.15) is 21.6 Å². The Morgan fingerprint density at radius 1 is 1.42 bits per heavy atom. The number of H-pyrrole nitrogens is 1. The molecule has 0 bridgehead atoms. The number of aryl methyl sites for hydroxylation is 1. The SMILES string of the molecule is Cc1ccc(C#CCN)cc1NC(=O)c1ccc[nH]1. The van der Waals surface area contributed by atoms with E-state index in [-0.39, 0.29) is 5.91 Å². The zero-order valence-electron chi connectivity index (χ0n) is 10.7. The topological polar surface area (TPSA) is 70.9 Å². The number of carbonyl (C=O) groups excluding carboxylic acids is 1. The molecular weight excluding hydrogens is 238 g/mol. The number of anilines is 1. The molecular formula is C15H15N3O. The highest BCUT2D eigenvalue weighted by atomic mass is 16.1. The molecule has 0 aliphatic carbocycles. The number of aromatic amines is 1. The molecule has 19 heavy (non-hydrogen) atoms. The molecule has 1 amide bonds. The van der Waals surface area contributed by atoms with E-state index in [0.717, 1.165) is 16.8 Å². The first kappa shape index (κ1) is 12.9. The third kappa shape index (κ3) is 3.24. The van der Waals surface area contributed by atoms with Gasteiger partial charge in [0.2, 0.25) is 0 Å². The third-order valence-electron chi connectivity index (χ3n) is 2.66. The number of nitrogens with two attached hydrogens (primary N) is 1. The van der Waals surface area contributed by atoms with Gasteiger partial charge in [0.25, 0.3) is 5.91 Å². The lowest BCUT2D eigenvalue weighted by Crippen LogP contribution is -2.13. The van der Waals surface area contributed by atoms with Crippen molar-refractivity contribution in [2.45, 2.75) is 6.92 Å². The predicted molar refractivity (Wildman–Crippen MR) is 75.9 cm³/mol. The number of rotatable bonds is 2. The van der Waals surface area contributed by atoms with Crippen LogP contribution in [-0.2, 0) is 0 Å². The Bertz CT molecular complexity index is 633. The average Bonchev–Trinajstić information content (AvgIpc) is 2.93. The number of hydrogen-bond donors (Lipinski definition) is 3. The minimum atomic E-state index is -0.169. The summed E-state index contributed by atoms with van der Waals surface area (Å²) in [7, 11) is 0. The van der Waals surface area contributed by atoms with E-state index in [1.54, 1.807) is 18.3 Å². The molecule has 1 heterocycles. The molecule has 0 atom stereocenters. The van der Waals surface area contributed by atoms with Crippen molar-refractivity contribution >= 4 is 11.6 Å². The Morgan fingerprint density at radius 2 is 2.26 bits per heavy atom. The normalized spacial score (nSPS) is 9.58. The van der Waals surface area contributed by atoms with E-state index in [1.165, 1.54) is 0 Å². The van der Waals surface area contributed by atoms with Gasteiger partial charge in [-0.15, -0.1) is 0 Å². The maximum atomic E-state index is 12.0. The Hall–Kier alpha value is -2.51. The summed E-state index contributed by atoms with van der Waals surface area (Å²) in [5.41, 5.74) is 8.44. The van der Waals surface area contributed by atoms with E-state index in [0.29, 0.717) is 12.2 Å². The van der Waals surface area contributed by atoms with Gasteiger partial charge in [-0.1, -0.05) is 17.9 Å². The summed E-state index contributed by atoms with van der Waals surface area (Å²) in [5.74, 6) is 5.57. The largest absolute Gasteiger partial charge is 0.357 e. The first-order valence-electron chi connectivity index (χ1n) is 5.95. The van der Waals surface area contributed by atoms with E-state index >= 15 is 0 Å². The standard InChI is InChI=1S/C15H15N3O/c1-11-6-7-12(4-2-8-16)10-14(11)18-15(19)13-5-3-9-17-13/h3,5-7,9-10,17H,8,16H2,1H3,(H,18,19). The molecule has 0 aliphatic rings. The van der Waals surface area contributed by atoms with Gasteiger partial charge >= 0.3 is 0 Å². The molecule has 0 radical (unpaired) electrons. The molecule has 1 aromatic heterocycles. The number of amides is 1. The Labute approximate surface area is 112 Å². The van der Waals surface area contributed by atoms with Crippen molar-refractivity contribution in [1.82, 2.24) is 4.98 Å². The summed E-state index contributed by atoms with van der Waals surface area (Å²) in [5, 5.41) is 2.86. The van der Waals surface area contributed by atoms with Crippen LogP contribution in [0.15, 0.2) is 36.5 Å². The molecule has 4 N–H and O–H groups in total. The van der Waals surface area contributed by atoms with Gasteiger partial charge in [0.05, 0.1) is 6.54 Å². The minimum Gasteiger partial charge on any atom is -0.357 e. The monoisotopic (exact) mass is 253 g/mol. The van der Waals surface area contributed by atoms with Crippen LogP contribution in [0.2, 0.25) is 0 Å². The molecule has 96 valence electrons. The van der Waals surface area contributed by atoms with E-state index < -0.39 is 0 Å². The van der Waals surface area contributed by atoms with Crippen LogP contribution in [0.4, 0.5) is 5.69 Å². The molecule has 1 aromatic carbocycles. The van der Waals surface area contributed by atoms with Crippen LogP contribution in [0.3, 0.4) is 0 Å². The van der Waals surface area contributed by atoms with Gasteiger partial charge in [-0.2, -0.15) is 0 Å². The quantitative estimate of drug-likeness (QED) is 0.715. The highest BCUT2D eigenvalue weighted by Gasteiger charge is 2.08. The molecule has 4 heteroatoms. The Morgan fingerprint density at radius 3 is 2.95 bits per heavy atom. The van der Waals surface area contributed by atoms with Crippen LogP contribution in [0.5, 0.6) is 0 Å². The van der Waals surface area contributed by atoms with E-state index in [4.69, 9.17) is 5.73 Å². The maximum absolute atomic E-state index is 12.0. The molecule has 0 spiro atoms. The van der Waals surface area contributed by atoms with Crippen LogP contribution in [0, 0.1) is 18.8 Å². The second-order valence-electron chi connectivity index (χ2n) is 4.07. The van der Waals surface area contributed by atoms with E-state index in [9.17, 15) is 4.79 Å². The third-order valence-corrected chi connectivity index (χ3v) is 2.66. The first-order chi connectivity index (χ1) is 9.20. The average molecular weight is 253 g/mol. The molecule has 0 aliphatic heterocycles. The summed E-state index contributed by atoms with van der Waals surface area (Å²) in [4.78, 5) is 14.8. The second-order valence-corrected chi connectivity index (χ2v) is 4.07. The van der Waals surface area contributed by atoms with Crippen molar-refractivity contribution in [2.24, 2.45) is 5.73 Å². The lowest BCUT2D eigenvalue weighted by Gasteiger charge is -2.08. The number of carbonyl (C=O) groups is 1. The summed E-state index contributed by atoms with van der Waals surface area (Å²) in [6.45, 7) is 2.25. The lowest BCUT2D eigenvalue weighted by atomic mass is 10.1. The highest BCUT2D eigenvalue weighted by Crippen LogP contribution is 2.17. The zero-order chi connectivity index (χ0) is 13.7. The molecule has 0 saturated heterocycles. The fourth-order valence-electron chi connectivity index (χ4n) is 1.65. The molecule has 2 aromatic rings. The molecule has 0 unspecified atom stereocenters. The molecule has 2 rings (SSSR count). The number of hydrogen-bond acceptors (Lipinski definition) is 2. The van der Waals surface area contributed by atoms with Crippen LogP contribution >= 0.6 is 0 Å². The van der Waals surface area contributed by atoms with Gasteiger partial charge < -0.3 is 16.0 Å². The van der Waals surface area contributed by atoms with Crippen LogP contribution in [0.25, 0.3) is 0 Å². The summed E-state index contributed by atoms with van der Waals surface area (Å²) in [6, 6.07) is 9.18. The van der Waals surface area contributed by atoms with Crippen molar-refractivity contribution in [1.29, 1.82) is 0 Å². The van der Waals surface area contributed by atoms with Gasteiger partial charge in [-0.05, 0) is 36.8 Å². The van der Waals surface area contributed by atoms with Crippen molar-refractivity contribution in [3.8, 4) is 11.8 Å². The number of benzene rings is 1. The first-order valence-corrected chi connectivity index (χ1v) is 5.95. The van der Waals surface area contributed by atoms with Crippen LogP contribution < -0.4 is 11.1 Å². The second kappa shape index (κ2) is 5.89. The molecule has 4 nitrogen and oxygen atoms in total. The zero-order valence-corrected chi connectivity index (χ0v) is 10.7. The highest BCUT2D eigenvalue weighted by molar-refractivity contribution is 6.03. The van der Waals surface area contributed by atoms with Gasteiger partial charge in [0.1, 0.15) is 5.69 Å². The number of aromatic nitrogens is 1. The predicted octanol–water partition coefficient (Wildman–Crippen LogP) is 1.89. The van der Waals surface area contributed by atoms with Crippen molar-refractivity contribution in [3.63, 3.8) is 0 Å². The van der Waals surface area contributed by atoms with Crippen molar-refractivity contribution in [2.75, 3.05) is 11.9 Å². The molecule has 0 saturated carbocycles. The van der Waals surface area contributed by atoms with Gasteiger partial charge in [-0.3, -0.25) is 4.79 Å². The van der Waals surface area contributed by atoms with Gasteiger partial charge in [-0.25, -0.2) is 0 Å². The minimum absolute atomic E-state index is 0.169. The van der Waals surface area contributed by atoms with Crippen molar-refractivity contribution < 1.29 is 4.79 Å². The van der Waals surface area contributed by atoms with Crippen molar-refractivity contribution in [3.05, 3.63) is 53.3 Å². The maximum Gasteiger partial charge on any atom is 0.272 e. The van der Waals surface area contributed by atoms with E-state index in [2.05, 4.69) is 22.1 Å². The summed E-state index contributed by atoms with van der Waals surface area (Å²) in [6.07, 6.45) is 1.71. The Balaban J connectivity index is 2.22.